The Morgan fingerprint density at radius 2 is 0.952 bits per heavy atom. The topological polar surface area (TPSA) is 105 Å². The Morgan fingerprint density at radius 1 is 0.556 bits per heavy atom. The van der Waals surface area contributed by atoms with Crippen LogP contribution >= 0.6 is 7.82 Å². The minimum atomic E-state index is -4.36. The third-order valence-corrected chi connectivity index (χ3v) is 12.2. The Kier molecular flexibility index (Phi) is 43.6. The Balaban J connectivity index is 4.36. The van der Waals surface area contributed by atoms with Gasteiger partial charge in [-0.15, -0.1) is 0 Å². The highest BCUT2D eigenvalue weighted by Crippen LogP contribution is 2.43. The number of amides is 1. The monoisotopic (exact) mass is 904 g/mol. The molecule has 0 saturated heterocycles. The first-order valence-electron chi connectivity index (χ1n) is 25.8. The molecule has 0 aliphatic carbocycles. The number of hydrogen-bond acceptors (Lipinski definition) is 5. The number of hydrogen-bond donors (Lipinski definition) is 3. The van der Waals surface area contributed by atoms with Gasteiger partial charge in [-0.3, -0.25) is 13.8 Å². The summed E-state index contributed by atoms with van der Waals surface area (Å²) in [6.45, 7) is 4.66. The molecule has 3 unspecified atom stereocenters. The molecule has 3 N–H and O–H groups in total. The molecule has 9 heteroatoms. The maximum atomic E-state index is 12.9. The van der Waals surface area contributed by atoms with Gasteiger partial charge in [-0.1, -0.05) is 222 Å². The van der Waals surface area contributed by atoms with E-state index in [0.29, 0.717) is 17.4 Å². The van der Waals surface area contributed by atoms with Crippen LogP contribution in [-0.4, -0.2) is 73.4 Å². The maximum absolute atomic E-state index is 12.9. The molecule has 3 atom stereocenters. The van der Waals surface area contributed by atoms with E-state index >= 15 is 0 Å². The molecule has 366 valence electrons. The molecule has 0 aliphatic rings. The van der Waals surface area contributed by atoms with Crippen molar-refractivity contribution >= 4 is 13.7 Å². The van der Waals surface area contributed by atoms with Crippen molar-refractivity contribution in [3.05, 3.63) is 72.9 Å². The van der Waals surface area contributed by atoms with E-state index in [-0.39, 0.29) is 25.5 Å². The van der Waals surface area contributed by atoms with Crippen molar-refractivity contribution in [3.63, 3.8) is 0 Å². The third kappa shape index (κ3) is 47.7. The highest BCUT2D eigenvalue weighted by Gasteiger charge is 2.27. The van der Waals surface area contributed by atoms with Crippen molar-refractivity contribution < 1.29 is 32.9 Å². The standard InChI is InChI=1S/C54H99N2O6P/c1-6-8-10-12-14-16-18-20-22-24-25-26-27-28-29-30-32-33-35-37-39-41-43-45-47-53(57)52(51-62-63(59,60)61-50-49-56(3,4)5)55-54(58)48-46-44-42-40-38-36-34-31-23-21-19-17-15-13-11-9-7-2/h9,11,15,17,21,23,34,36,40,42,45,47,52-53,57H,6-8,10,12-14,16,18-20,22,24-33,35,37-39,41,43-44,46,48-51H2,1-5H3,(H-,55,58,59,60)/p+1/b11-9-,17-15-,23-21-,36-34-,42-40-,47-45+. The number of aliphatic hydroxyl groups is 1. The molecule has 0 bridgehead atoms. The summed E-state index contributed by atoms with van der Waals surface area (Å²) < 4.78 is 23.6. The lowest BCUT2D eigenvalue weighted by Gasteiger charge is -2.25. The average Bonchev–Trinajstić information content (AvgIpc) is 3.24. The maximum Gasteiger partial charge on any atom is 0.472 e. The zero-order valence-electron chi connectivity index (χ0n) is 41.5. The zero-order valence-corrected chi connectivity index (χ0v) is 42.4. The van der Waals surface area contributed by atoms with Crippen molar-refractivity contribution in [2.24, 2.45) is 0 Å². The van der Waals surface area contributed by atoms with Crippen LogP contribution < -0.4 is 5.32 Å². The molecule has 1 amide bonds. The van der Waals surface area contributed by atoms with Gasteiger partial charge in [0.05, 0.1) is 39.9 Å². The number of rotatable bonds is 46. The quantitative estimate of drug-likeness (QED) is 0.0243. The van der Waals surface area contributed by atoms with Gasteiger partial charge >= 0.3 is 7.82 Å². The molecule has 0 radical (unpaired) electrons. The fourth-order valence-corrected chi connectivity index (χ4v) is 7.87. The molecule has 0 saturated carbocycles. The summed E-state index contributed by atoms with van der Waals surface area (Å²) in [4.78, 5) is 23.2. The second-order valence-electron chi connectivity index (χ2n) is 18.5. The van der Waals surface area contributed by atoms with Crippen LogP contribution in [-0.2, 0) is 18.4 Å². The molecule has 63 heavy (non-hydrogen) atoms. The number of allylic oxidation sites excluding steroid dienone is 11. The number of phosphoric acid groups is 1. The van der Waals surface area contributed by atoms with E-state index in [1.165, 1.54) is 128 Å². The van der Waals surface area contributed by atoms with Crippen LogP contribution in [0.15, 0.2) is 72.9 Å². The number of carbonyl (C=O) groups is 1. The van der Waals surface area contributed by atoms with Crippen molar-refractivity contribution in [2.75, 3.05) is 40.9 Å². The largest absolute Gasteiger partial charge is 0.472 e. The zero-order chi connectivity index (χ0) is 46.4. The molecule has 0 aromatic rings. The van der Waals surface area contributed by atoms with E-state index in [2.05, 4.69) is 79.9 Å². The molecule has 8 nitrogen and oxygen atoms in total. The van der Waals surface area contributed by atoms with Gasteiger partial charge in [0, 0.05) is 6.42 Å². The summed E-state index contributed by atoms with van der Waals surface area (Å²) in [5, 5.41) is 13.8. The first-order chi connectivity index (χ1) is 30.5. The predicted octanol–water partition coefficient (Wildman–Crippen LogP) is 15.1. The summed E-state index contributed by atoms with van der Waals surface area (Å²) in [5.74, 6) is -0.235. The number of carbonyl (C=O) groups excluding carboxylic acids is 1. The third-order valence-electron chi connectivity index (χ3n) is 11.2. The van der Waals surface area contributed by atoms with Crippen LogP contribution in [0.25, 0.3) is 0 Å². The molecule has 0 aliphatic heterocycles. The molecular formula is C54H100N2O6P+. The highest BCUT2D eigenvalue weighted by molar-refractivity contribution is 7.47. The lowest BCUT2D eigenvalue weighted by Crippen LogP contribution is -2.45. The van der Waals surface area contributed by atoms with Gasteiger partial charge in [-0.25, -0.2) is 4.57 Å². The summed E-state index contributed by atoms with van der Waals surface area (Å²) in [7, 11) is 1.53. The number of likely N-dealkylation sites (N-methyl/N-ethyl adjacent to an activating group) is 1. The SMILES string of the molecule is CC/C=C\C/C=C\C/C=C\C/C=C\C/C=C\CCCC(=O)NC(COP(=O)(O)OCC[N+](C)(C)C)C(O)/C=C/CCCCCCCCCCCCCCCCCCCCCCCC. The second-order valence-corrected chi connectivity index (χ2v) is 20.0. The molecule has 0 rings (SSSR count). The van der Waals surface area contributed by atoms with Crippen LogP contribution in [0.2, 0.25) is 0 Å². The van der Waals surface area contributed by atoms with Crippen LogP contribution in [0.1, 0.15) is 213 Å². The lowest BCUT2D eigenvalue weighted by molar-refractivity contribution is -0.870. The van der Waals surface area contributed by atoms with E-state index < -0.39 is 20.0 Å². The molecule has 0 fully saturated rings. The summed E-state index contributed by atoms with van der Waals surface area (Å²) >= 11 is 0. The van der Waals surface area contributed by atoms with E-state index in [1.807, 2.05) is 27.2 Å². The van der Waals surface area contributed by atoms with Crippen LogP contribution in [0.5, 0.6) is 0 Å². The van der Waals surface area contributed by atoms with E-state index in [9.17, 15) is 19.4 Å². The van der Waals surface area contributed by atoms with Gasteiger partial charge in [0.25, 0.3) is 0 Å². The first kappa shape index (κ1) is 60.9. The van der Waals surface area contributed by atoms with Crippen LogP contribution in [0.3, 0.4) is 0 Å². The Bertz CT molecular complexity index is 1250. The molecular weight excluding hydrogens is 804 g/mol. The van der Waals surface area contributed by atoms with Crippen molar-refractivity contribution in [1.29, 1.82) is 0 Å². The number of phosphoric ester groups is 1. The van der Waals surface area contributed by atoms with Crippen molar-refractivity contribution in [2.45, 2.75) is 225 Å². The lowest BCUT2D eigenvalue weighted by atomic mass is 10.0. The molecule has 0 aromatic heterocycles. The van der Waals surface area contributed by atoms with E-state index in [4.69, 9.17) is 9.05 Å². The molecule has 0 aromatic carbocycles. The van der Waals surface area contributed by atoms with Gasteiger partial charge in [0.2, 0.25) is 5.91 Å². The molecule has 0 heterocycles. The molecule has 0 spiro atoms. The van der Waals surface area contributed by atoms with Crippen LogP contribution in [0.4, 0.5) is 0 Å². The highest BCUT2D eigenvalue weighted by atomic mass is 31.2. The number of unbranched alkanes of at least 4 members (excludes halogenated alkanes) is 23. The second kappa shape index (κ2) is 45.1. The Hall–Kier alpha value is -2.06. The van der Waals surface area contributed by atoms with Gasteiger partial charge in [-0.2, -0.15) is 0 Å². The summed E-state index contributed by atoms with van der Waals surface area (Å²) in [6.07, 6.45) is 61.4. The van der Waals surface area contributed by atoms with Gasteiger partial charge in [-0.05, 0) is 57.8 Å². The first-order valence-corrected chi connectivity index (χ1v) is 27.3. The van der Waals surface area contributed by atoms with Crippen molar-refractivity contribution in [3.8, 4) is 0 Å². The Labute approximate surface area is 389 Å². The van der Waals surface area contributed by atoms with Gasteiger partial charge in [0.1, 0.15) is 13.2 Å². The summed E-state index contributed by atoms with van der Waals surface area (Å²) in [5.41, 5.74) is 0. The smallest absolute Gasteiger partial charge is 0.387 e. The Morgan fingerprint density at radius 3 is 1.38 bits per heavy atom. The minimum Gasteiger partial charge on any atom is -0.387 e. The fourth-order valence-electron chi connectivity index (χ4n) is 7.14. The van der Waals surface area contributed by atoms with E-state index in [0.717, 1.165) is 57.8 Å². The number of nitrogens with zero attached hydrogens (tertiary/aromatic N) is 1. The number of nitrogens with one attached hydrogen (secondary N) is 1. The number of aliphatic hydroxyl groups excluding tert-OH is 1. The summed E-state index contributed by atoms with van der Waals surface area (Å²) in [6, 6.07) is -0.880. The average molecular weight is 904 g/mol. The van der Waals surface area contributed by atoms with Gasteiger partial charge in [0.15, 0.2) is 0 Å². The van der Waals surface area contributed by atoms with Crippen LogP contribution in [0, 0.1) is 0 Å². The number of quaternary nitrogens is 1. The van der Waals surface area contributed by atoms with Gasteiger partial charge < -0.3 is 19.8 Å². The predicted molar refractivity (Wildman–Crippen MR) is 272 cm³/mol. The normalized spacial score (nSPS) is 14.7. The fraction of sp³-hybridized carbons (Fsp3) is 0.759. The van der Waals surface area contributed by atoms with Crippen molar-refractivity contribution in [1.82, 2.24) is 5.32 Å². The minimum absolute atomic E-state index is 0.0477. The van der Waals surface area contributed by atoms with E-state index in [1.54, 1.807) is 6.08 Å².